The van der Waals surface area contributed by atoms with Gasteiger partial charge in [-0.2, -0.15) is 0 Å². The van der Waals surface area contributed by atoms with E-state index in [1.165, 1.54) is 25.3 Å². The summed E-state index contributed by atoms with van der Waals surface area (Å²) in [6.07, 6.45) is 0.368. The van der Waals surface area contributed by atoms with Crippen LogP contribution in [0, 0.1) is 5.82 Å². The third-order valence-corrected chi connectivity index (χ3v) is 5.12. The van der Waals surface area contributed by atoms with Crippen LogP contribution in [0.5, 0.6) is 11.5 Å². The highest BCUT2D eigenvalue weighted by molar-refractivity contribution is 6.31. The number of benzene rings is 2. The first-order valence-corrected chi connectivity index (χ1v) is 10.3. The van der Waals surface area contributed by atoms with Crippen LogP contribution >= 0.6 is 11.6 Å². The number of hydrogen-bond acceptors (Lipinski definition) is 7. The lowest BCUT2D eigenvalue weighted by molar-refractivity contribution is 0.0357. The summed E-state index contributed by atoms with van der Waals surface area (Å²) in [5.74, 6) is -0.300. The molecule has 1 N–H and O–H groups in total. The van der Waals surface area contributed by atoms with Gasteiger partial charge in [0.05, 0.1) is 40.2 Å². The summed E-state index contributed by atoms with van der Waals surface area (Å²) >= 11 is 5.88. The minimum absolute atomic E-state index is 0.0674. The van der Waals surface area contributed by atoms with Crippen LogP contribution in [0.2, 0.25) is 5.02 Å². The maximum absolute atomic E-state index is 13.6. The molecular formula is C22H24ClFN4O3. The quantitative estimate of drug-likeness (QED) is 0.515. The normalized spacial score (nSPS) is 15.9. The van der Waals surface area contributed by atoms with Crippen LogP contribution < -0.4 is 14.8 Å². The van der Waals surface area contributed by atoms with E-state index in [0.29, 0.717) is 25.5 Å². The summed E-state index contributed by atoms with van der Waals surface area (Å²) < 4.78 is 55.5. The van der Waals surface area contributed by atoms with E-state index in [0.717, 1.165) is 26.1 Å². The molecule has 0 radical (unpaired) electrons. The summed E-state index contributed by atoms with van der Waals surface area (Å²) in [7, 11) is 1.39. The molecule has 7 nitrogen and oxygen atoms in total. The predicted octanol–water partition coefficient (Wildman–Crippen LogP) is 4.28. The van der Waals surface area contributed by atoms with Crippen molar-refractivity contribution in [2.24, 2.45) is 0 Å². The Balaban J connectivity index is 1.66. The minimum atomic E-state index is -0.576. The number of nitrogens with zero attached hydrogens (tertiary/aromatic N) is 3. The molecule has 0 spiro atoms. The summed E-state index contributed by atoms with van der Waals surface area (Å²) in [6, 6.07) is 3.82. The molecule has 0 saturated carbocycles. The van der Waals surface area contributed by atoms with Gasteiger partial charge in [-0.15, -0.1) is 0 Å². The zero-order chi connectivity index (χ0) is 24.2. The fourth-order valence-electron chi connectivity index (χ4n) is 3.23. The first-order valence-electron chi connectivity index (χ1n) is 11.4. The van der Waals surface area contributed by atoms with Crippen molar-refractivity contribution in [2.75, 3.05) is 51.9 Å². The molecular weight excluding hydrogens is 423 g/mol. The SMILES string of the molecule is [2H]c1nc(Nc2ccc(F)c(Cl)c2)c2c([2H])c(OCCCN3CCOCC3)c(OC)c([2H])c2n1. The molecule has 0 aliphatic carbocycles. The van der Waals surface area contributed by atoms with Gasteiger partial charge >= 0.3 is 0 Å². The lowest BCUT2D eigenvalue weighted by Gasteiger charge is -2.26. The molecule has 4 rings (SSSR count). The maximum atomic E-state index is 13.6. The van der Waals surface area contributed by atoms with E-state index >= 15 is 0 Å². The fourth-order valence-corrected chi connectivity index (χ4v) is 3.41. The number of hydrogen-bond donors (Lipinski definition) is 1. The maximum Gasteiger partial charge on any atom is 0.162 e. The van der Waals surface area contributed by atoms with Gasteiger partial charge in [-0.3, -0.25) is 4.90 Å². The molecule has 1 saturated heterocycles. The summed E-state index contributed by atoms with van der Waals surface area (Å²) in [5.41, 5.74) is 0.471. The first kappa shape index (κ1) is 17.9. The fraction of sp³-hybridized carbons (Fsp3) is 0.364. The Kier molecular flexibility index (Phi) is 5.84. The van der Waals surface area contributed by atoms with Crippen molar-refractivity contribution in [1.29, 1.82) is 0 Å². The molecule has 9 heteroatoms. The van der Waals surface area contributed by atoms with Gasteiger partial charge in [-0.05, 0) is 30.7 Å². The van der Waals surface area contributed by atoms with Crippen LogP contribution in [-0.4, -0.2) is 61.4 Å². The molecule has 2 aromatic carbocycles. The van der Waals surface area contributed by atoms with Gasteiger partial charge in [0.1, 0.15) is 19.3 Å². The van der Waals surface area contributed by atoms with Crippen LogP contribution in [0.1, 0.15) is 10.5 Å². The minimum Gasteiger partial charge on any atom is -0.493 e. The second-order valence-electron chi connectivity index (χ2n) is 6.92. The van der Waals surface area contributed by atoms with Crippen LogP contribution in [-0.2, 0) is 4.74 Å². The number of anilines is 2. The standard InChI is InChI=1S/C22H24ClFN4O3/c1-29-20-13-19-16(12-21(20)31-8-2-5-28-6-9-30-10-7-28)22(26-14-25-19)27-15-3-4-18(24)17(23)11-15/h3-4,11-14H,2,5-10H2,1H3,(H,25,26,27)/i12D,13D,14D. The Morgan fingerprint density at radius 2 is 2.10 bits per heavy atom. The Morgan fingerprint density at radius 1 is 1.26 bits per heavy atom. The third-order valence-electron chi connectivity index (χ3n) is 4.83. The van der Waals surface area contributed by atoms with Crippen LogP contribution in [0.4, 0.5) is 15.9 Å². The lowest BCUT2D eigenvalue weighted by atomic mass is 10.2. The van der Waals surface area contributed by atoms with E-state index in [1.807, 2.05) is 0 Å². The Hall–Kier alpha value is -2.68. The zero-order valence-electron chi connectivity index (χ0n) is 20.0. The molecule has 1 aromatic heterocycles. The Bertz CT molecular complexity index is 1200. The van der Waals surface area contributed by atoms with E-state index in [2.05, 4.69) is 20.2 Å². The van der Waals surface area contributed by atoms with Crippen molar-refractivity contribution >= 4 is 34.0 Å². The predicted molar refractivity (Wildman–Crippen MR) is 118 cm³/mol. The van der Waals surface area contributed by atoms with Crippen LogP contribution in [0.3, 0.4) is 0 Å². The van der Waals surface area contributed by atoms with Crippen molar-refractivity contribution in [3.05, 3.63) is 47.4 Å². The Morgan fingerprint density at radius 3 is 2.87 bits per heavy atom. The van der Waals surface area contributed by atoms with Crippen molar-refractivity contribution in [2.45, 2.75) is 6.42 Å². The summed E-state index contributed by atoms with van der Waals surface area (Å²) in [4.78, 5) is 10.4. The summed E-state index contributed by atoms with van der Waals surface area (Å²) in [6.45, 7) is 4.31. The molecule has 31 heavy (non-hydrogen) atoms. The zero-order valence-corrected chi connectivity index (χ0v) is 17.8. The van der Waals surface area contributed by atoms with Gasteiger partial charge in [-0.1, -0.05) is 11.6 Å². The number of aromatic nitrogens is 2. The molecule has 1 aliphatic heterocycles. The number of fused-ring (bicyclic) bond motifs is 1. The summed E-state index contributed by atoms with van der Waals surface area (Å²) in [5, 5.41) is 3.05. The molecule has 0 atom stereocenters. The molecule has 0 bridgehead atoms. The molecule has 0 amide bonds. The number of morpholine rings is 1. The highest BCUT2D eigenvalue weighted by atomic mass is 35.5. The van der Waals surface area contributed by atoms with Crippen molar-refractivity contribution in [1.82, 2.24) is 14.9 Å². The largest absolute Gasteiger partial charge is 0.493 e. The number of halogens is 2. The highest BCUT2D eigenvalue weighted by Crippen LogP contribution is 2.35. The second kappa shape index (κ2) is 10.1. The van der Waals surface area contributed by atoms with Gasteiger partial charge in [-0.25, -0.2) is 14.4 Å². The van der Waals surface area contributed by atoms with Crippen molar-refractivity contribution in [3.63, 3.8) is 0 Å². The molecule has 3 aromatic rings. The van der Waals surface area contributed by atoms with Gasteiger partial charge in [0.2, 0.25) is 0 Å². The monoisotopic (exact) mass is 449 g/mol. The third kappa shape index (κ3) is 5.33. The van der Waals surface area contributed by atoms with E-state index in [1.54, 1.807) is 0 Å². The lowest BCUT2D eigenvalue weighted by Crippen LogP contribution is -2.37. The molecule has 164 valence electrons. The molecule has 1 aliphatic rings. The van der Waals surface area contributed by atoms with Gasteiger partial charge < -0.3 is 19.5 Å². The number of ether oxygens (including phenoxy) is 3. The molecule has 0 unspecified atom stereocenters. The molecule has 2 heterocycles. The topological polar surface area (TPSA) is 68.7 Å². The average Bonchev–Trinajstić information content (AvgIpc) is 2.82. The van der Waals surface area contributed by atoms with Crippen molar-refractivity contribution < 1.29 is 22.7 Å². The van der Waals surface area contributed by atoms with Gasteiger partial charge in [0, 0.05) is 36.8 Å². The first-order chi connectivity index (χ1) is 16.4. The van der Waals surface area contributed by atoms with Gasteiger partial charge in [0.15, 0.2) is 11.5 Å². The van der Waals surface area contributed by atoms with E-state index in [9.17, 15) is 4.39 Å². The molecule has 1 fully saturated rings. The Labute approximate surface area is 189 Å². The second-order valence-corrected chi connectivity index (χ2v) is 7.33. The van der Waals surface area contributed by atoms with E-state index in [-0.39, 0.29) is 51.6 Å². The van der Waals surface area contributed by atoms with Crippen LogP contribution in [0.15, 0.2) is 36.6 Å². The number of rotatable bonds is 8. The van der Waals surface area contributed by atoms with Crippen LogP contribution in [0.25, 0.3) is 10.9 Å². The van der Waals surface area contributed by atoms with E-state index in [4.69, 9.17) is 29.9 Å². The van der Waals surface area contributed by atoms with E-state index < -0.39 is 5.82 Å². The number of nitrogens with one attached hydrogen (secondary N) is 1. The average molecular weight is 450 g/mol. The smallest absolute Gasteiger partial charge is 0.162 e. The van der Waals surface area contributed by atoms with Crippen molar-refractivity contribution in [3.8, 4) is 11.5 Å². The van der Waals surface area contributed by atoms with Gasteiger partial charge in [0.25, 0.3) is 0 Å². The number of methoxy groups -OCH3 is 1. The highest BCUT2D eigenvalue weighted by Gasteiger charge is 2.14.